The van der Waals surface area contributed by atoms with Gasteiger partial charge in [0.25, 0.3) is 0 Å². The number of piperidine rings is 1. The Morgan fingerprint density at radius 1 is 1.32 bits per heavy atom. The fourth-order valence-electron chi connectivity index (χ4n) is 3.57. The maximum Gasteiger partial charge on any atom is 0.227 e. The van der Waals surface area contributed by atoms with Gasteiger partial charge in [0, 0.05) is 18.7 Å². The number of likely N-dealkylation sites (tertiary alicyclic amines) is 1. The summed E-state index contributed by atoms with van der Waals surface area (Å²) in [6.45, 7) is 5.36. The van der Waals surface area contributed by atoms with Crippen LogP contribution >= 0.6 is 0 Å². The van der Waals surface area contributed by atoms with E-state index in [0.29, 0.717) is 12.3 Å². The molecule has 3 rings (SSSR count). The molecule has 134 valence electrons. The van der Waals surface area contributed by atoms with Gasteiger partial charge in [-0.3, -0.25) is 4.79 Å². The molecule has 0 spiro atoms. The molecular formula is C20H25FN2O2. The molecule has 1 amide bonds. The lowest BCUT2D eigenvalue weighted by Gasteiger charge is -2.33. The molecule has 5 heteroatoms. The first-order valence-corrected chi connectivity index (χ1v) is 8.97. The van der Waals surface area contributed by atoms with Crippen LogP contribution in [0.15, 0.2) is 28.8 Å². The Morgan fingerprint density at radius 2 is 2.08 bits per heavy atom. The molecule has 0 aliphatic carbocycles. The summed E-state index contributed by atoms with van der Waals surface area (Å²) in [6, 6.07) is 6.71. The normalized spacial score (nSPS) is 17.7. The summed E-state index contributed by atoms with van der Waals surface area (Å²) in [5, 5.41) is 3.93. The first kappa shape index (κ1) is 17.6. The number of carbonyl (C=O) groups excluding carboxylic acids is 1. The third-order valence-electron chi connectivity index (χ3n) is 5.14. The number of aryl methyl sites for hydroxylation is 3. The highest BCUT2D eigenvalue weighted by Gasteiger charge is 2.25. The van der Waals surface area contributed by atoms with Crippen molar-refractivity contribution in [2.24, 2.45) is 5.92 Å². The van der Waals surface area contributed by atoms with Crippen molar-refractivity contribution in [1.29, 1.82) is 0 Å². The summed E-state index contributed by atoms with van der Waals surface area (Å²) in [5.74, 6) is 1.20. The van der Waals surface area contributed by atoms with E-state index in [0.717, 1.165) is 61.4 Å². The van der Waals surface area contributed by atoms with Gasteiger partial charge >= 0.3 is 0 Å². The predicted octanol–water partition coefficient (Wildman–Crippen LogP) is 3.84. The number of nitrogens with zero attached hydrogens (tertiary/aromatic N) is 2. The molecule has 2 aromatic rings. The van der Waals surface area contributed by atoms with Crippen molar-refractivity contribution in [3.05, 3.63) is 52.7 Å². The van der Waals surface area contributed by atoms with Crippen LogP contribution in [0.2, 0.25) is 0 Å². The number of carbonyl (C=O) groups is 1. The molecule has 0 radical (unpaired) electrons. The largest absolute Gasteiger partial charge is 0.361 e. The molecule has 1 aromatic carbocycles. The monoisotopic (exact) mass is 344 g/mol. The van der Waals surface area contributed by atoms with Gasteiger partial charge in [0.05, 0.1) is 12.1 Å². The lowest BCUT2D eigenvalue weighted by Crippen LogP contribution is -2.41. The lowest BCUT2D eigenvalue weighted by atomic mass is 9.91. The highest BCUT2D eigenvalue weighted by molar-refractivity contribution is 5.79. The highest BCUT2D eigenvalue weighted by atomic mass is 19.1. The van der Waals surface area contributed by atoms with Crippen molar-refractivity contribution >= 4 is 5.91 Å². The number of aromatic nitrogens is 1. The molecule has 1 fully saturated rings. The average molecular weight is 344 g/mol. The summed E-state index contributed by atoms with van der Waals surface area (Å²) in [5.41, 5.74) is 2.87. The van der Waals surface area contributed by atoms with E-state index in [9.17, 15) is 9.18 Å². The van der Waals surface area contributed by atoms with Gasteiger partial charge in [-0.25, -0.2) is 4.39 Å². The first-order chi connectivity index (χ1) is 12.0. The summed E-state index contributed by atoms with van der Waals surface area (Å²) < 4.78 is 18.1. The van der Waals surface area contributed by atoms with Gasteiger partial charge in [-0.15, -0.1) is 0 Å². The standard InChI is InChI=1S/C20H25FN2O2/c1-14-19(15(2)25-22-14)12-20(24)23-11-3-4-17(13-23)6-5-16-7-9-18(21)10-8-16/h7-10,17H,3-6,11-13H2,1-2H3/t17-/m1/s1. The van der Waals surface area contributed by atoms with Crippen molar-refractivity contribution in [3.8, 4) is 0 Å². The number of benzene rings is 1. The Morgan fingerprint density at radius 3 is 2.76 bits per heavy atom. The smallest absolute Gasteiger partial charge is 0.227 e. The molecule has 0 saturated carbocycles. The molecule has 0 N–H and O–H groups in total. The van der Waals surface area contributed by atoms with Crippen molar-refractivity contribution in [2.75, 3.05) is 13.1 Å². The van der Waals surface area contributed by atoms with Gasteiger partial charge in [0.1, 0.15) is 11.6 Å². The molecule has 1 atom stereocenters. The zero-order valence-corrected chi connectivity index (χ0v) is 14.9. The van der Waals surface area contributed by atoms with Crippen LogP contribution in [0.3, 0.4) is 0 Å². The molecule has 1 aliphatic heterocycles. The van der Waals surface area contributed by atoms with Gasteiger partial charge in [0.2, 0.25) is 5.91 Å². The molecule has 0 unspecified atom stereocenters. The molecule has 0 bridgehead atoms. The summed E-state index contributed by atoms with van der Waals surface area (Å²) >= 11 is 0. The van der Waals surface area contributed by atoms with Crippen LogP contribution in [0, 0.1) is 25.6 Å². The zero-order valence-electron chi connectivity index (χ0n) is 14.9. The quantitative estimate of drug-likeness (QED) is 0.828. The number of amides is 1. The van der Waals surface area contributed by atoms with E-state index in [1.807, 2.05) is 30.9 Å². The van der Waals surface area contributed by atoms with E-state index in [1.54, 1.807) is 0 Å². The maximum atomic E-state index is 13.0. The fraction of sp³-hybridized carbons (Fsp3) is 0.500. The Balaban J connectivity index is 1.53. The minimum Gasteiger partial charge on any atom is -0.361 e. The summed E-state index contributed by atoms with van der Waals surface area (Å²) in [6.07, 6.45) is 4.52. The Labute approximate surface area is 148 Å². The van der Waals surface area contributed by atoms with Crippen molar-refractivity contribution in [1.82, 2.24) is 10.1 Å². The number of halogens is 1. The highest BCUT2D eigenvalue weighted by Crippen LogP contribution is 2.23. The minimum atomic E-state index is -0.197. The predicted molar refractivity (Wildman–Crippen MR) is 93.7 cm³/mol. The molecular weight excluding hydrogens is 319 g/mol. The van der Waals surface area contributed by atoms with Crippen LogP contribution in [0.5, 0.6) is 0 Å². The summed E-state index contributed by atoms with van der Waals surface area (Å²) in [7, 11) is 0. The van der Waals surface area contributed by atoms with E-state index in [-0.39, 0.29) is 11.7 Å². The second-order valence-corrected chi connectivity index (χ2v) is 6.99. The Hall–Kier alpha value is -2.17. The molecule has 1 saturated heterocycles. The minimum absolute atomic E-state index is 0.154. The van der Waals surface area contributed by atoms with Crippen LogP contribution in [0.25, 0.3) is 0 Å². The molecule has 4 nitrogen and oxygen atoms in total. The van der Waals surface area contributed by atoms with E-state index in [1.165, 1.54) is 12.1 Å². The number of hydrogen-bond acceptors (Lipinski definition) is 3. The SMILES string of the molecule is Cc1noc(C)c1CC(=O)N1CCC[C@H](CCc2ccc(F)cc2)C1. The Kier molecular flexibility index (Phi) is 5.51. The van der Waals surface area contributed by atoms with Gasteiger partial charge in [-0.1, -0.05) is 17.3 Å². The molecule has 2 heterocycles. The van der Waals surface area contributed by atoms with Crippen LogP contribution in [0.1, 0.15) is 41.8 Å². The van der Waals surface area contributed by atoms with Gasteiger partial charge in [-0.2, -0.15) is 0 Å². The second-order valence-electron chi connectivity index (χ2n) is 6.99. The van der Waals surface area contributed by atoms with Crippen LogP contribution < -0.4 is 0 Å². The molecule has 25 heavy (non-hydrogen) atoms. The second kappa shape index (κ2) is 7.81. The molecule has 1 aromatic heterocycles. The molecule has 1 aliphatic rings. The van der Waals surface area contributed by atoms with E-state index < -0.39 is 0 Å². The summed E-state index contributed by atoms with van der Waals surface area (Å²) in [4.78, 5) is 14.6. The lowest BCUT2D eigenvalue weighted by molar-refractivity contribution is -0.132. The number of hydrogen-bond donors (Lipinski definition) is 0. The maximum absolute atomic E-state index is 13.0. The van der Waals surface area contributed by atoms with E-state index >= 15 is 0 Å². The van der Waals surface area contributed by atoms with Crippen molar-refractivity contribution in [3.63, 3.8) is 0 Å². The Bertz CT molecular complexity index is 704. The van der Waals surface area contributed by atoms with Gasteiger partial charge in [0.15, 0.2) is 0 Å². The topological polar surface area (TPSA) is 46.3 Å². The first-order valence-electron chi connectivity index (χ1n) is 8.97. The van der Waals surface area contributed by atoms with Gasteiger partial charge in [-0.05, 0) is 63.1 Å². The van der Waals surface area contributed by atoms with Crippen LogP contribution in [-0.2, 0) is 17.6 Å². The van der Waals surface area contributed by atoms with Crippen LogP contribution in [0.4, 0.5) is 4.39 Å². The number of rotatable bonds is 5. The van der Waals surface area contributed by atoms with Crippen molar-refractivity contribution in [2.45, 2.75) is 46.0 Å². The van der Waals surface area contributed by atoms with E-state index in [4.69, 9.17) is 4.52 Å². The third-order valence-corrected chi connectivity index (χ3v) is 5.14. The average Bonchev–Trinajstić information content (AvgIpc) is 2.93. The van der Waals surface area contributed by atoms with Crippen molar-refractivity contribution < 1.29 is 13.7 Å². The van der Waals surface area contributed by atoms with E-state index in [2.05, 4.69) is 5.16 Å². The zero-order chi connectivity index (χ0) is 17.8. The fourth-order valence-corrected chi connectivity index (χ4v) is 3.57. The van der Waals surface area contributed by atoms with Gasteiger partial charge < -0.3 is 9.42 Å². The van der Waals surface area contributed by atoms with Crippen LogP contribution in [-0.4, -0.2) is 29.1 Å². The third kappa shape index (κ3) is 4.47.